The van der Waals surface area contributed by atoms with Crippen LogP contribution in [-0.2, 0) is 4.74 Å². The van der Waals surface area contributed by atoms with E-state index in [0.29, 0.717) is 18.8 Å². The van der Waals surface area contributed by atoms with Gasteiger partial charge in [0.05, 0.1) is 18.8 Å². The van der Waals surface area contributed by atoms with Gasteiger partial charge in [0.2, 0.25) is 0 Å². The molecule has 4 nitrogen and oxygen atoms in total. The highest BCUT2D eigenvalue weighted by Gasteiger charge is 2.26. The van der Waals surface area contributed by atoms with Crippen LogP contribution in [0.15, 0.2) is 18.2 Å². The first kappa shape index (κ1) is 13.8. The molecular weight excluding hydrogens is 249 g/mol. The predicted octanol–water partition coefficient (Wildman–Crippen LogP) is 2.09. The van der Waals surface area contributed by atoms with Gasteiger partial charge >= 0.3 is 0 Å². The molecule has 1 heterocycles. The lowest BCUT2D eigenvalue weighted by molar-refractivity contribution is 0.0266. The summed E-state index contributed by atoms with van der Waals surface area (Å²) >= 11 is 0. The normalized spacial score (nSPS) is 19.3. The van der Waals surface area contributed by atoms with Crippen LogP contribution < -0.4 is 4.74 Å². The minimum atomic E-state index is -0.552. The second-order valence-electron chi connectivity index (χ2n) is 4.60. The number of ether oxygens (including phenoxy) is 2. The highest BCUT2D eigenvalue weighted by atomic mass is 19.1. The second kappa shape index (κ2) is 6.02. The van der Waals surface area contributed by atoms with Crippen LogP contribution in [0, 0.1) is 5.82 Å². The second-order valence-corrected chi connectivity index (χ2v) is 4.60. The number of hydrogen-bond acceptors (Lipinski definition) is 3. The van der Waals surface area contributed by atoms with Crippen molar-refractivity contribution in [2.45, 2.75) is 18.9 Å². The Morgan fingerprint density at radius 3 is 2.84 bits per heavy atom. The summed E-state index contributed by atoms with van der Waals surface area (Å²) in [5.74, 6) is -0.437. The lowest BCUT2D eigenvalue weighted by Gasteiger charge is -2.32. The van der Waals surface area contributed by atoms with Gasteiger partial charge in [-0.05, 0) is 25.0 Å². The molecule has 1 atom stereocenters. The Bertz CT molecular complexity index is 464. The number of methoxy groups -OCH3 is 2. The van der Waals surface area contributed by atoms with Crippen molar-refractivity contribution in [2.24, 2.45) is 0 Å². The molecule has 0 aliphatic carbocycles. The van der Waals surface area contributed by atoms with Crippen molar-refractivity contribution in [3.63, 3.8) is 0 Å². The van der Waals surface area contributed by atoms with Gasteiger partial charge in [-0.2, -0.15) is 0 Å². The first-order chi connectivity index (χ1) is 9.15. The van der Waals surface area contributed by atoms with Crippen molar-refractivity contribution in [3.05, 3.63) is 29.6 Å². The van der Waals surface area contributed by atoms with Crippen LogP contribution >= 0.6 is 0 Å². The smallest absolute Gasteiger partial charge is 0.256 e. The Hall–Kier alpha value is -1.62. The van der Waals surface area contributed by atoms with Crippen molar-refractivity contribution in [1.82, 2.24) is 4.90 Å². The van der Waals surface area contributed by atoms with Gasteiger partial charge in [-0.25, -0.2) is 4.39 Å². The van der Waals surface area contributed by atoms with E-state index in [2.05, 4.69) is 0 Å². The van der Waals surface area contributed by atoms with E-state index >= 15 is 0 Å². The summed E-state index contributed by atoms with van der Waals surface area (Å²) in [7, 11) is 3.09. The van der Waals surface area contributed by atoms with Crippen molar-refractivity contribution >= 4 is 5.91 Å². The van der Waals surface area contributed by atoms with Crippen molar-refractivity contribution in [3.8, 4) is 5.75 Å². The number of halogens is 1. The van der Waals surface area contributed by atoms with E-state index in [9.17, 15) is 9.18 Å². The highest BCUT2D eigenvalue weighted by molar-refractivity contribution is 5.94. The van der Waals surface area contributed by atoms with Crippen LogP contribution in [-0.4, -0.2) is 44.2 Å². The topological polar surface area (TPSA) is 38.8 Å². The molecule has 0 radical (unpaired) electrons. The molecule has 1 aliphatic rings. The summed E-state index contributed by atoms with van der Waals surface area (Å²) in [6.45, 7) is 1.16. The first-order valence-corrected chi connectivity index (χ1v) is 6.31. The van der Waals surface area contributed by atoms with Gasteiger partial charge in [0, 0.05) is 26.3 Å². The molecule has 1 saturated heterocycles. The number of carbonyl (C=O) groups excluding carboxylic acids is 1. The average Bonchev–Trinajstić information content (AvgIpc) is 2.46. The average molecular weight is 267 g/mol. The minimum absolute atomic E-state index is 0.0407. The van der Waals surface area contributed by atoms with Crippen molar-refractivity contribution < 1.29 is 18.7 Å². The fourth-order valence-corrected chi connectivity index (χ4v) is 2.28. The van der Waals surface area contributed by atoms with E-state index in [1.54, 1.807) is 18.1 Å². The van der Waals surface area contributed by atoms with Gasteiger partial charge in [-0.1, -0.05) is 0 Å². The number of rotatable bonds is 3. The summed E-state index contributed by atoms with van der Waals surface area (Å²) in [6, 6.07) is 4.28. The summed E-state index contributed by atoms with van der Waals surface area (Å²) in [5.41, 5.74) is 0.0811. The van der Waals surface area contributed by atoms with Gasteiger partial charge in [-0.15, -0.1) is 0 Å². The molecule has 5 heteroatoms. The van der Waals surface area contributed by atoms with Gasteiger partial charge < -0.3 is 14.4 Å². The zero-order valence-electron chi connectivity index (χ0n) is 11.2. The molecule has 0 N–H and O–H groups in total. The third-order valence-corrected chi connectivity index (χ3v) is 3.41. The third kappa shape index (κ3) is 3.04. The van der Waals surface area contributed by atoms with E-state index in [1.807, 2.05) is 0 Å². The van der Waals surface area contributed by atoms with Crippen LogP contribution in [0.4, 0.5) is 4.39 Å². The molecule has 1 aromatic carbocycles. The quantitative estimate of drug-likeness (QED) is 0.841. The molecule has 2 rings (SSSR count). The summed E-state index contributed by atoms with van der Waals surface area (Å²) in [5, 5.41) is 0. The first-order valence-electron chi connectivity index (χ1n) is 6.31. The number of carbonyl (C=O) groups is 1. The van der Waals surface area contributed by atoms with Crippen molar-refractivity contribution in [2.75, 3.05) is 27.3 Å². The van der Waals surface area contributed by atoms with Crippen LogP contribution in [0.25, 0.3) is 0 Å². The molecule has 0 bridgehead atoms. The number of amides is 1. The fraction of sp³-hybridized carbons (Fsp3) is 0.500. The van der Waals surface area contributed by atoms with Gasteiger partial charge in [0.15, 0.2) is 0 Å². The molecule has 19 heavy (non-hydrogen) atoms. The van der Waals surface area contributed by atoms with E-state index in [0.717, 1.165) is 12.8 Å². The predicted molar refractivity (Wildman–Crippen MR) is 68.9 cm³/mol. The van der Waals surface area contributed by atoms with Gasteiger partial charge in [0.1, 0.15) is 11.6 Å². The summed E-state index contributed by atoms with van der Waals surface area (Å²) in [6.07, 6.45) is 1.85. The Labute approximate surface area is 112 Å². The van der Waals surface area contributed by atoms with E-state index in [1.165, 1.54) is 19.2 Å². The summed E-state index contributed by atoms with van der Waals surface area (Å²) < 4.78 is 24.1. The van der Waals surface area contributed by atoms with E-state index in [-0.39, 0.29) is 17.6 Å². The van der Waals surface area contributed by atoms with Gasteiger partial charge in [0.25, 0.3) is 5.91 Å². The monoisotopic (exact) mass is 267 g/mol. The number of likely N-dealkylation sites (tertiary alicyclic amines) is 1. The molecule has 1 aromatic rings. The molecule has 1 fully saturated rings. The molecule has 0 spiro atoms. The number of piperidine rings is 1. The van der Waals surface area contributed by atoms with E-state index in [4.69, 9.17) is 9.47 Å². The molecular formula is C14H18FNO3. The maximum Gasteiger partial charge on any atom is 0.256 e. The Balaban J connectivity index is 2.15. The molecule has 104 valence electrons. The van der Waals surface area contributed by atoms with E-state index < -0.39 is 5.82 Å². The lowest BCUT2D eigenvalue weighted by Crippen LogP contribution is -2.43. The molecule has 0 saturated carbocycles. The SMILES string of the molecule is COc1ccc(C(=O)N2CCCC(OC)C2)c(F)c1. The molecule has 0 aromatic heterocycles. The molecule has 1 aliphatic heterocycles. The van der Waals surface area contributed by atoms with Crippen LogP contribution in [0.3, 0.4) is 0 Å². The molecule has 1 amide bonds. The Kier molecular flexibility index (Phi) is 4.37. The number of hydrogen-bond donors (Lipinski definition) is 0. The zero-order valence-corrected chi connectivity index (χ0v) is 11.2. The Morgan fingerprint density at radius 2 is 2.21 bits per heavy atom. The van der Waals surface area contributed by atoms with Crippen LogP contribution in [0.1, 0.15) is 23.2 Å². The maximum absolute atomic E-state index is 13.9. The van der Waals surface area contributed by atoms with Crippen LogP contribution in [0.2, 0.25) is 0 Å². The zero-order chi connectivity index (χ0) is 13.8. The van der Waals surface area contributed by atoms with Gasteiger partial charge in [-0.3, -0.25) is 4.79 Å². The third-order valence-electron chi connectivity index (χ3n) is 3.41. The minimum Gasteiger partial charge on any atom is -0.497 e. The van der Waals surface area contributed by atoms with Crippen LogP contribution in [0.5, 0.6) is 5.75 Å². The Morgan fingerprint density at radius 1 is 1.42 bits per heavy atom. The number of benzene rings is 1. The van der Waals surface area contributed by atoms with Crippen molar-refractivity contribution in [1.29, 1.82) is 0 Å². The lowest BCUT2D eigenvalue weighted by atomic mass is 10.1. The highest BCUT2D eigenvalue weighted by Crippen LogP contribution is 2.20. The molecule has 1 unspecified atom stereocenters. The number of nitrogens with zero attached hydrogens (tertiary/aromatic N) is 1. The fourth-order valence-electron chi connectivity index (χ4n) is 2.28. The maximum atomic E-state index is 13.9. The summed E-state index contributed by atoms with van der Waals surface area (Å²) in [4.78, 5) is 13.9. The largest absolute Gasteiger partial charge is 0.497 e. The standard InChI is InChI=1S/C14H18FNO3/c1-18-10-5-6-12(13(15)8-10)14(17)16-7-3-4-11(9-16)19-2/h5-6,8,11H,3-4,7,9H2,1-2H3.